The van der Waals surface area contributed by atoms with Gasteiger partial charge < -0.3 is 20.5 Å². The fourth-order valence-corrected chi connectivity index (χ4v) is 3.91. The number of benzene rings is 1. The van der Waals surface area contributed by atoms with Crippen LogP contribution >= 0.6 is 0 Å². The Balaban J connectivity index is 0.000000982. The molecule has 1 unspecified atom stereocenters. The van der Waals surface area contributed by atoms with Gasteiger partial charge in [0.15, 0.2) is 11.6 Å². The van der Waals surface area contributed by atoms with E-state index in [1.807, 2.05) is 0 Å². The molecule has 0 saturated carbocycles. The number of terminal acetylenes is 1. The van der Waals surface area contributed by atoms with Crippen molar-refractivity contribution in [2.45, 2.75) is 46.1 Å². The van der Waals surface area contributed by atoms with Gasteiger partial charge in [-0.25, -0.2) is 17.4 Å². The first kappa shape index (κ1) is 30.8. The van der Waals surface area contributed by atoms with E-state index in [-0.39, 0.29) is 22.9 Å². The number of nitrogens with zero attached hydrogens (tertiary/aromatic N) is 3. The molecule has 1 aromatic heterocycles. The van der Waals surface area contributed by atoms with Crippen LogP contribution < -0.4 is 10.6 Å². The average Bonchev–Trinajstić information content (AvgIpc) is 3.47. The van der Waals surface area contributed by atoms with Gasteiger partial charge in [0.25, 0.3) is 0 Å². The highest BCUT2D eigenvalue weighted by Gasteiger charge is 2.24. The van der Waals surface area contributed by atoms with Gasteiger partial charge in [-0.1, -0.05) is 45.8 Å². The second-order valence-corrected chi connectivity index (χ2v) is 11.4. The summed E-state index contributed by atoms with van der Waals surface area (Å²) in [6.07, 6.45) is 10.1. The lowest BCUT2D eigenvalue weighted by Gasteiger charge is -2.15. The highest BCUT2D eigenvalue weighted by molar-refractivity contribution is 7.89. The number of aromatic hydroxyl groups is 1. The van der Waals surface area contributed by atoms with E-state index in [0.29, 0.717) is 36.5 Å². The SMILES string of the molecule is C#C.CC(C)C.CC(C)C1C=C(CNc2nonc2CNc2cccc(S(=O)(=O)N(C)C)c2O)OC1. The van der Waals surface area contributed by atoms with Crippen LogP contribution in [0.2, 0.25) is 0 Å². The largest absolute Gasteiger partial charge is 0.504 e. The Bertz CT molecular complexity index is 1100. The monoisotopic (exact) mass is 521 g/mol. The molecule has 1 atom stereocenters. The number of nitrogens with one attached hydrogen (secondary N) is 2. The van der Waals surface area contributed by atoms with Gasteiger partial charge in [-0.3, -0.25) is 0 Å². The summed E-state index contributed by atoms with van der Waals surface area (Å²) in [4.78, 5) is -0.181. The Hall–Kier alpha value is -3.23. The fourth-order valence-electron chi connectivity index (χ4n) is 2.91. The van der Waals surface area contributed by atoms with Gasteiger partial charge >= 0.3 is 0 Å². The molecule has 11 heteroatoms. The van der Waals surface area contributed by atoms with Crippen LogP contribution in [0.3, 0.4) is 0 Å². The Morgan fingerprint density at radius 2 is 1.75 bits per heavy atom. The van der Waals surface area contributed by atoms with E-state index in [1.165, 1.54) is 20.2 Å². The number of para-hydroxylation sites is 1. The molecule has 36 heavy (non-hydrogen) atoms. The van der Waals surface area contributed by atoms with Crippen LogP contribution in [0.5, 0.6) is 5.75 Å². The molecule has 0 radical (unpaired) electrons. The molecule has 1 aromatic carbocycles. The van der Waals surface area contributed by atoms with Gasteiger partial charge in [-0.15, -0.1) is 12.8 Å². The lowest BCUT2D eigenvalue weighted by molar-refractivity contribution is 0.200. The maximum atomic E-state index is 12.3. The van der Waals surface area contributed by atoms with Gasteiger partial charge in [0.2, 0.25) is 10.0 Å². The fraction of sp³-hybridized carbons (Fsp3) is 0.520. The Labute approximate surface area is 215 Å². The molecule has 0 amide bonds. The van der Waals surface area contributed by atoms with Crippen LogP contribution in [-0.4, -0.2) is 55.4 Å². The van der Waals surface area contributed by atoms with Crippen LogP contribution in [0.15, 0.2) is 39.6 Å². The van der Waals surface area contributed by atoms with E-state index < -0.39 is 10.0 Å². The number of phenols is 1. The highest BCUT2D eigenvalue weighted by atomic mass is 32.2. The van der Waals surface area contributed by atoms with Crippen molar-refractivity contribution in [1.29, 1.82) is 0 Å². The zero-order valence-electron chi connectivity index (χ0n) is 22.1. The topological polar surface area (TPSA) is 130 Å². The first-order valence-corrected chi connectivity index (χ1v) is 13.1. The minimum Gasteiger partial charge on any atom is -0.504 e. The van der Waals surface area contributed by atoms with E-state index >= 15 is 0 Å². The van der Waals surface area contributed by atoms with Crippen LogP contribution in [0, 0.1) is 30.6 Å². The summed E-state index contributed by atoms with van der Waals surface area (Å²) in [6, 6.07) is 4.47. The van der Waals surface area contributed by atoms with Gasteiger partial charge in [0.05, 0.1) is 25.4 Å². The van der Waals surface area contributed by atoms with Crippen molar-refractivity contribution in [1.82, 2.24) is 14.6 Å². The summed E-state index contributed by atoms with van der Waals surface area (Å²) >= 11 is 0. The summed E-state index contributed by atoms with van der Waals surface area (Å²) in [5, 5.41) is 24.3. The predicted octanol–water partition coefficient (Wildman–Crippen LogP) is 4.15. The Kier molecular flexibility index (Phi) is 12.3. The molecule has 2 aromatic rings. The molecule has 0 aliphatic carbocycles. The third-order valence-electron chi connectivity index (χ3n) is 4.91. The zero-order chi connectivity index (χ0) is 27.5. The predicted molar refractivity (Wildman–Crippen MR) is 142 cm³/mol. The van der Waals surface area contributed by atoms with Gasteiger partial charge in [0, 0.05) is 20.0 Å². The highest BCUT2D eigenvalue weighted by Crippen LogP contribution is 2.32. The Morgan fingerprint density at radius 1 is 1.11 bits per heavy atom. The molecule has 1 aliphatic heterocycles. The van der Waals surface area contributed by atoms with Gasteiger partial charge in [-0.05, 0) is 35.2 Å². The molecular weight excluding hydrogens is 482 g/mol. The number of sulfonamides is 1. The molecule has 0 bridgehead atoms. The molecule has 2 heterocycles. The molecule has 10 nitrogen and oxygen atoms in total. The first-order valence-electron chi connectivity index (χ1n) is 11.6. The number of ether oxygens (including phenoxy) is 1. The molecule has 0 fully saturated rings. The molecular formula is C25H39N5O5S. The van der Waals surface area contributed by atoms with Crippen molar-refractivity contribution in [3.8, 4) is 18.6 Å². The average molecular weight is 522 g/mol. The summed E-state index contributed by atoms with van der Waals surface area (Å²) in [6.45, 7) is 12.1. The van der Waals surface area contributed by atoms with E-state index in [0.717, 1.165) is 16.0 Å². The Morgan fingerprint density at radius 3 is 2.31 bits per heavy atom. The number of rotatable bonds is 9. The summed E-state index contributed by atoms with van der Waals surface area (Å²) < 4.78 is 36.2. The second-order valence-electron chi connectivity index (χ2n) is 9.29. The normalized spacial score (nSPS) is 14.9. The van der Waals surface area contributed by atoms with Gasteiger partial charge in [-0.2, -0.15) is 0 Å². The lowest BCUT2D eigenvalue weighted by Crippen LogP contribution is -2.22. The molecule has 200 valence electrons. The number of hydrogen-bond donors (Lipinski definition) is 3. The van der Waals surface area contributed by atoms with Crippen LogP contribution in [-0.2, 0) is 21.3 Å². The van der Waals surface area contributed by atoms with Crippen LogP contribution in [0.4, 0.5) is 11.5 Å². The second kappa shape index (κ2) is 14.4. The first-order chi connectivity index (χ1) is 16.9. The molecule has 3 N–H and O–H groups in total. The minimum absolute atomic E-state index is 0.166. The van der Waals surface area contributed by atoms with E-state index in [2.05, 4.69) is 74.5 Å². The van der Waals surface area contributed by atoms with Crippen molar-refractivity contribution < 1.29 is 22.9 Å². The minimum atomic E-state index is -3.77. The number of phenolic OH excluding ortho intramolecular Hbond substituents is 1. The van der Waals surface area contributed by atoms with E-state index in [4.69, 9.17) is 9.37 Å². The van der Waals surface area contributed by atoms with E-state index in [1.54, 1.807) is 12.1 Å². The standard InChI is InChI=1S/C19H27N5O5S.C4H10.C2H2/c1-12(2)13-8-14(28-11-13)9-21-19-16(22-29-23-19)10-20-15-6-5-7-17(18(15)25)30(26,27)24(3)4;1-4(2)3;1-2/h5-8,12-13,20,25H,9-11H2,1-4H3,(H,21,23);4H,1-3H3;1-2H. The van der Waals surface area contributed by atoms with E-state index in [9.17, 15) is 13.5 Å². The summed E-state index contributed by atoms with van der Waals surface area (Å²) in [5.74, 6) is 2.66. The maximum absolute atomic E-state index is 12.3. The molecule has 0 saturated heterocycles. The van der Waals surface area contributed by atoms with Crippen LogP contribution in [0.25, 0.3) is 0 Å². The third-order valence-corrected chi connectivity index (χ3v) is 6.75. The number of hydrogen-bond acceptors (Lipinski definition) is 9. The van der Waals surface area contributed by atoms with Crippen LogP contribution in [0.1, 0.15) is 40.3 Å². The maximum Gasteiger partial charge on any atom is 0.246 e. The molecule has 0 spiro atoms. The summed E-state index contributed by atoms with van der Waals surface area (Å²) in [7, 11) is -0.968. The number of aromatic nitrogens is 2. The molecule has 1 aliphatic rings. The van der Waals surface area contributed by atoms with Crippen molar-refractivity contribution in [2.24, 2.45) is 17.8 Å². The summed E-state index contributed by atoms with van der Waals surface area (Å²) in [5.41, 5.74) is 0.739. The third kappa shape index (κ3) is 8.77. The lowest BCUT2D eigenvalue weighted by atomic mass is 9.97. The zero-order valence-corrected chi connectivity index (χ0v) is 23.0. The quantitative estimate of drug-likeness (QED) is 0.329. The van der Waals surface area contributed by atoms with Gasteiger partial charge in [0.1, 0.15) is 16.3 Å². The van der Waals surface area contributed by atoms with Crippen molar-refractivity contribution in [3.63, 3.8) is 0 Å². The van der Waals surface area contributed by atoms with Crippen molar-refractivity contribution in [3.05, 3.63) is 35.7 Å². The molecule has 3 rings (SSSR count). The van der Waals surface area contributed by atoms with Crippen molar-refractivity contribution in [2.75, 3.05) is 37.9 Å². The number of anilines is 2. The smallest absolute Gasteiger partial charge is 0.246 e. The van der Waals surface area contributed by atoms with Crippen molar-refractivity contribution >= 4 is 21.5 Å².